The molecule has 1 aliphatic rings. The molecule has 6 heteroatoms. The first-order valence-corrected chi connectivity index (χ1v) is 8.47. The highest BCUT2D eigenvalue weighted by Crippen LogP contribution is 2.27. The van der Waals surface area contributed by atoms with E-state index < -0.39 is 0 Å². The molecule has 3 rings (SSSR count). The summed E-state index contributed by atoms with van der Waals surface area (Å²) in [4.78, 5) is 32.3. The van der Waals surface area contributed by atoms with Gasteiger partial charge < -0.3 is 10.3 Å². The lowest BCUT2D eigenvalue weighted by molar-refractivity contribution is 0.0952. The largest absolute Gasteiger partial charge is 0.352 e. The molecule has 0 radical (unpaired) electrons. The van der Waals surface area contributed by atoms with Crippen molar-refractivity contribution in [2.45, 2.75) is 39.0 Å². The molecule has 0 atom stereocenters. The number of pyridine rings is 1. The summed E-state index contributed by atoms with van der Waals surface area (Å²) < 4.78 is 0. The molecular weight excluding hydrogens is 298 g/mol. The maximum atomic E-state index is 12.2. The number of thiazole rings is 1. The molecule has 0 aromatic carbocycles. The van der Waals surface area contributed by atoms with Gasteiger partial charge in [0.15, 0.2) is 0 Å². The Morgan fingerprint density at radius 3 is 3.05 bits per heavy atom. The highest BCUT2D eigenvalue weighted by molar-refractivity contribution is 7.11. The van der Waals surface area contributed by atoms with E-state index in [-0.39, 0.29) is 11.5 Å². The van der Waals surface area contributed by atoms with Gasteiger partial charge in [0.2, 0.25) is 5.56 Å². The first-order valence-electron chi connectivity index (χ1n) is 7.65. The second-order valence-electron chi connectivity index (χ2n) is 5.41. The summed E-state index contributed by atoms with van der Waals surface area (Å²) >= 11 is 1.77. The molecule has 1 aliphatic carbocycles. The van der Waals surface area contributed by atoms with Gasteiger partial charge in [-0.15, -0.1) is 11.3 Å². The molecule has 2 N–H and O–H groups in total. The van der Waals surface area contributed by atoms with Gasteiger partial charge in [-0.1, -0.05) is 6.92 Å². The normalized spacial score (nSPS) is 13.1. The fourth-order valence-electron chi connectivity index (χ4n) is 2.74. The van der Waals surface area contributed by atoms with E-state index in [4.69, 9.17) is 0 Å². The van der Waals surface area contributed by atoms with E-state index in [0.717, 1.165) is 24.3 Å². The second kappa shape index (κ2) is 6.44. The van der Waals surface area contributed by atoms with Crippen LogP contribution in [0.1, 0.15) is 45.0 Å². The first kappa shape index (κ1) is 15.0. The van der Waals surface area contributed by atoms with E-state index >= 15 is 0 Å². The molecule has 0 unspecified atom stereocenters. The molecule has 2 aromatic heterocycles. The quantitative estimate of drug-likeness (QED) is 0.884. The maximum Gasteiger partial charge on any atom is 0.253 e. The van der Waals surface area contributed by atoms with Gasteiger partial charge in [-0.05, 0) is 31.7 Å². The van der Waals surface area contributed by atoms with Crippen molar-refractivity contribution in [1.29, 1.82) is 0 Å². The smallest absolute Gasteiger partial charge is 0.253 e. The minimum Gasteiger partial charge on any atom is -0.352 e. The number of aromatic nitrogens is 2. The minimum atomic E-state index is -0.175. The molecule has 5 nitrogen and oxygen atoms in total. The number of aryl methyl sites for hydroxylation is 3. The number of amides is 1. The summed E-state index contributed by atoms with van der Waals surface area (Å²) in [7, 11) is 0. The van der Waals surface area contributed by atoms with E-state index in [1.165, 1.54) is 23.1 Å². The van der Waals surface area contributed by atoms with E-state index in [1.54, 1.807) is 17.4 Å². The average molecular weight is 317 g/mol. The molecule has 0 saturated heterocycles. The summed E-state index contributed by atoms with van der Waals surface area (Å²) in [5.41, 5.74) is 2.30. The van der Waals surface area contributed by atoms with Crippen LogP contribution in [-0.4, -0.2) is 22.4 Å². The SMILES string of the molecule is CCc1[nH]c(=O)ccc1C(=O)NCCc1nc2c(s1)CCC2. The summed E-state index contributed by atoms with van der Waals surface area (Å²) in [6, 6.07) is 2.98. The van der Waals surface area contributed by atoms with Gasteiger partial charge >= 0.3 is 0 Å². The van der Waals surface area contributed by atoms with Crippen molar-refractivity contribution in [3.63, 3.8) is 0 Å². The Morgan fingerprint density at radius 1 is 1.41 bits per heavy atom. The summed E-state index contributed by atoms with van der Waals surface area (Å²) in [5, 5.41) is 4.01. The third-order valence-electron chi connectivity index (χ3n) is 3.86. The molecule has 22 heavy (non-hydrogen) atoms. The van der Waals surface area contributed by atoms with E-state index in [0.29, 0.717) is 24.2 Å². The zero-order valence-corrected chi connectivity index (χ0v) is 13.4. The van der Waals surface area contributed by atoms with Gasteiger partial charge in [0.1, 0.15) is 0 Å². The van der Waals surface area contributed by atoms with Gasteiger partial charge in [0.05, 0.1) is 16.3 Å². The van der Waals surface area contributed by atoms with Crippen LogP contribution in [0, 0.1) is 0 Å². The Bertz CT molecular complexity index is 727. The van der Waals surface area contributed by atoms with E-state index in [9.17, 15) is 9.59 Å². The van der Waals surface area contributed by atoms with E-state index in [2.05, 4.69) is 15.3 Å². The van der Waals surface area contributed by atoms with Crippen LogP contribution in [0.15, 0.2) is 16.9 Å². The fraction of sp³-hybridized carbons (Fsp3) is 0.438. The van der Waals surface area contributed by atoms with Crippen molar-refractivity contribution in [2.75, 3.05) is 6.54 Å². The van der Waals surface area contributed by atoms with Crippen LogP contribution < -0.4 is 10.9 Å². The highest BCUT2D eigenvalue weighted by Gasteiger charge is 2.16. The Balaban J connectivity index is 1.59. The topological polar surface area (TPSA) is 74.8 Å². The third kappa shape index (κ3) is 3.11. The first-order chi connectivity index (χ1) is 10.7. The molecule has 0 fully saturated rings. The van der Waals surface area contributed by atoms with Crippen LogP contribution in [0.3, 0.4) is 0 Å². The standard InChI is InChI=1S/C16H19N3O2S/c1-2-11-10(6-7-14(20)18-11)16(21)17-9-8-15-19-12-4-3-5-13(12)22-15/h6-7H,2-5,8-9H2,1H3,(H,17,21)(H,18,20). The Labute approximate surface area is 132 Å². The van der Waals surface area contributed by atoms with E-state index in [1.807, 2.05) is 6.92 Å². The van der Waals surface area contributed by atoms with Crippen LogP contribution in [-0.2, 0) is 25.7 Å². The average Bonchev–Trinajstić information content (AvgIpc) is 3.08. The number of fused-ring (bicyclic) bond motifs is 1. The summed E-state index contributed by atoms with van der Waals surface area (Å²) in [6.07, 6.45) is 4.84. The number of nitrogens with one attached hydrogen (secondary N) is 2. The Kier molecular flexibility index (Phi) is 4.38. The molecule has 0 saturated carbocycles. The van der Waals surface area contributed by atoms with Crippen molar-refractivity contribution in [3.05, 3.63) is 49.3 Å². The van der Waals surface area contributed by atoms with Crippen LogP contribution >= 0.6 is 11.3 Å². The number of hydrogen-bond donors (Lipinski definition) is 2. The number of nitrogens with zero attached hydrogens (tertiary/aromatic N) is 1. The Morgan fingerprint density at radius 2 is 2.27 bits per heavy atom. The zero-order valence-electron chi connectivity index (χ0n) is 12.6. The molecule has 116 valence electrons. The van der Waals surface area contributed by atoms with Crippen LogP contribution in [0.5, 0.6) is 0 Å². The lowest BCUT2D eigenvalue weighted by Gasteiger charge is -2.07. The van der Waals surface area contributed by atoms with Gasteiger partial charge in [0, 0.05) is 29.6 Å². The summed E-state index contributed by atoms with van der Waals surface area (Å²) in [5.74, 6) is -0.141. The zero-order chi connectivity index (χ0) is 15.5. The molecular formula is C16H19N3O2S. The number of aromatic amines is 1. The van der Waals surface area contributed by atoms with Crippen LogP contribution in [0.4, 0.5) is 0 Å². The lowest BCUT2D eigenvalue weighted by atomic mass is 10.1. The number of rotatable bonds is 5. The van der Waals surface area contributed by atoms with Crippen LogP contribution in [0.2, 0.25) is 0 Å². The molecule has 1 amide bonds. The number of carbonyl (C=O) groups excluding carboxylic acids is 1. The molecule has 0 spiro atoms. The number of carbonyl (C=O) groups is 1. The van der Waals surface area contributed by atoms with Crippen molar-refractivity contribution in [3.8, 4) is 0 Å². The fourth-order valence-corrected chi connectivity index (χ4v) is 3.89. The summed E-state index contributed by atoms with van der Waals surface area (Å²) in [6.45, 7) is 2.48. The van der Waals surface area contributed by atoms with Crippen molar-refractivity contribution < 1.29 is 4.79 Å². The second-order valence-corrected chi connectivity index (χ2v) is 6.57. The molecule has 0 aliphatic heterocycles. The van der Waals surface area contributed by atoms with Crippen molar-refractivity contribution in [1.82, 2.24) is 15.3 Å². The monoisotopic (exact) mass is 317 g/mol. The lowest BCUT2D eigenvalue weighted by Crippen LogP contribution is -2.28. The maximum absolute atomic E-state index is 12.2. The minimum absolute atomic E-state index is 0.141. The van der Waals surface area contributed by atoms with Crippen molar-refractivity contribution in [2.24, 2.45) is 0 Å². The molecule has 2 aromatic rings. The number of H-pyrrole nitrogens is 1. The van der Waals surface area contributed by atoms with Gasteiger partial charge in [0.25, 0.3) is 5.91 Å². The molecule has 0 bridgehead atoms. The van der Waals surface area contributed by atoms with Crippen LogP contribution in [0.25, 0.3) is 0 Å². The van der Waals surface area contributed by atoms with Gasteiger partial charge in [-0.25, -0.2) is 4.98 Å². The molecule has 2 heterocycles. The van der Waals surface area contributed by atoms with Gasteiger partial charge in [-0.2, -0.15) is 0 Å². The van der Waals surface area contributed by atoms with Gasteiger partial charge in [-0.3, -0.25) is 9.59 Å². The number of hydrogen-bond acceptors (Lipinski definition) is 4. The third-order valence-corrected chi connectivity index (χ3v) is 5.08. The Hall–Kier alpha value is -1.95. The van der Waals surface area contributed by atoms with Crippen molar-refractivity contribution >= 4 is 17.2 Å². The predicted octanol–water partition coefficient (Wildman–Crippen LogP) is 1.86. The predicted molar refractivity (Wildman–Crippen MR) is 86.6 cm³/mol. The highest BCUT2D eigenvalue weighted by atomic mass is 32.1.